The molecule has 0 amide bonds. The van der Waals surface area contributed by atoms with Crippen LogP contribution in [-0.4, -0.2) is 20.3 Å². The summed E-state index contributed by atoms with van der Waals surface area (Å²) >= 11 is 3.36. The Morgan fingerprint density at radius 3 is 2.81 bits per heavy atom. The van der Waals surface area contributed by atoms with E-state index in [0.29, 0.717) is 6.61 Å². The molecule has 0 saturated carbocycles. The van der Waals surface area contributed by atoms with Crippen LogP contribution in [0.3, 0.4) is 0 Å². The maximum atomic E-state index is 12.9. The Hall–Kier alpha value is -0.450. The number of rotatable bonds is 6. The fourth-order valence-electron chi connectivity index (χ4n) is 1.46. The molecule has 4 heteroatoms. The van der Waals surface area contributed by atoms with Gasteiger partial charge in [0, 0.05) is 11.1 Å². The highest BCUT2D eigenvalue weighted by Gasteiger charge is 2.13. The second-order valence-electron chi connectivity index (χ2n) is 3.58. The van der Waals surface area contributed by atoms with E-state index >= 15 is 0 Å². The molecular formula is C12H17BrFNO. The molecule has 1 N–H and O–H groups in total. The highest BCUT2D eigenvalue weighted by atomic mass is 79.9. The fourth-order valence-corrected chi connectivity index (χ4v) is 2.09. The molecule has 0 saturated heterocycles. The van der Waals surface area contributed by atoms with Crippen LogP contribution in [0.25, 0.3) is 0 Å². The van der Waals surface area contributed by atoms with E-state index in [-0.39, 0.29) is 11.9 Å². The first kappa shape index (κ1) is 13.6. The molecular weight excluding hydrogens is 273 g/mol. The zero-order valence-electron chi connectivity index (χ0n) is 9.59. The Bertz CT molecular complexity index is 333. The lowest BCUT2D eigenvalue weighted by Crippen LogP contribution is -2.22. The molecule has 0 bridgehead atoms. The first-order valence-electron chi connectivity index (χ1n) is 5.39. The van der Waals surface area contributed by atoms with Crippen molar-refractivity contribution >= 4 is 15.9 Å². The minimum atomic E-state index is -0.236. The molecule has 0 radical (unpaired) electrons. The highest BCUT2D eigenvalue weighted by molar-refractivity contribution is 9.10. The van der Waals surface area contributed by atoms with Gasteiger partial charge in [-0.3, -0.25) is 0 Å². The minimum absolute atomic E-state index is 0.0847. The van der Waals surface area contributed by atoms with Gasteiger partial charge >= 0.3 is 0 Å². The third kappa shape index (κ3) is 3.85. The molecule has 2 nitrogen and oxygen atoms in total. The molecule has 1 aromatic carbocycles. The number of nitrogens with one attached hydrogen (secondary N) is 1. The van der Waals surface area contributed by atoms with Crippen LogP contribution in [-0.2, 0) is 4.74 Å². The van der Waals surface area contributed by atoms with Crippen molar-refractivity contribution in [2.24, 2.45) is 0 Å². The molecule has 0 heterocycles. The lowest BCUT2D eigenvalue weighted by Gasteiger charge is -2.18. The van der Waals surface area contributed by atoms with Crippen molar-refractivity contribution in [3.63, 3.8) is 0 Å². The maximum Gasteiger partial charge on any atom is 0.124 e. The first-order valence-corrected chi connectivity index (χ1v) is 6.18. The summed E-state index contributed by atoms with van der Waals surface area (Å²) in [5.74, 6) is -0.236. The average molecular weight is 290 g/mol. The van der Waals surface area contributed by atoms with Crippen LogP contribution < -0.4 is 5.32 Å². The highest BCUT2D eigenvalue weighted by Crippen LogP contribution is 2.24. The van der Waals surface area contributed by atoms with E-state index in [0.717, 1.165) is 23.1 Å². The Morgan fingerprint density at radius 2 is 2.25 bits per heavy atom. The van der Waals surface area contributed by atoms with E-state index in [2.05, 4.69) is 28.2 Å². The lowest BCUT2D eigenvalue weighted by atomic mass is 10.1. The van der Waals surface area contributed by atoms with Gasteiger partial charge in [0.1, 0.15) is 5.82 Å². The molecule has 0 fully saturated rings. The molecule has 0 aliphatic rings. The summed E-state index contributed by atoms with van der Waals surface area (Å²) in [6.07, 6.45) is 1.00. The van der Waals surface area contributed by atoms with Gasteiger partial charge in [-0.05, 0) is 31.2 Å². The van der Waals surface area contributed by atoms with Crippen molar-refractivity contribution in [2.45, 2.75) is 19.4 Å². The predicted molar refractivity (Wildman–Crippen MR) is 67.0 cm³/mol. The van der Waals surface area contributed by atoms with Crippen molar-refractivity contribution in [3.8, 4) is 0 Å². The SMILES string of the molecule is CCCOCC(NC)c1ccc(F)cc1Br. The standard InChI is InChI=1S/C12H17BrFNO/c1-3-6-16-8-12(15-2)10-5-4-9(14)7-11(10)13/h4-5,7,12,15H,3,6,8H2,1-2H3. The second-order valence-corrected chi connectivity index (χ2v) is 4.44. The van der Waals surface area contributed by atoms with E-state index in [1.165, 1.54) is 12.1 Å². The smallest absolute Gasteiger partial charge is 0.124 e. The molecule has 0 aromatic heterocycles. The van der Waals surface area contributed by atoms with Gasteiger partial charge in [0.25, 0.3) is 0 Å². The Kier molecular flexibility index (Phi) is 5.95. The number of benzene rings is 1. The number of hydrogen-bond acceptors (Lipinski definition) is 2. The summed E-state index contributed by atoms with van der Waals surface area (Å²) in [6.45, 7) is 3.41. The normalized spacial score (nSPS) is 12.8. The lowest BCUT2D eigenvalue weighted by molar-refractivity contribution is 0.114. The molecule has 1 aromatic rings. The summed E-state index contributed by atoms with van der Waals surface area (Å²) in [7, 11) is 1.87. The fraction of sp³-hybridized carbons (Fsp3) is 0.500. The van der Waals surface area contributed by atoms with Gasteiger partial charge in [-0.25, -0.2) is 4.39 Å². The van der Waals surface area contributed by atoms with Gasteiger partial charge in [0.2, 0.25) is 0 Å². The first-order chi connectivity index (χ1) is 7.69. The quantitative estimate of drug-likeness (QED) is 0.812. The van der Waals surface area contributed by atoms with E-state index in [1.807, 2.05) is 7.05 Å². The molecule has 0 aliphatic heterocycles. The zero-order chi connectivity index (χ0) is 12.0. The van der Waals surface area contributed by atoms with Gasteiger partial charge < -0.3 is 10.1 Å². The monoisotopic (exact) mass is 289 g/mol. The van der Waals surface area contributed by atoms with Gasteiger partial charge in [-0.15, -0.1) is 0 Å². The number of ether oxygens (including phenoxy) is 1. The molecule has 1 unspecified atom stereocenters. The van der Waals surface area contributed by atoms with Crippen LogP contribution in [0, 0.1) is 5.82 Å². The zero-order valence-corrected chi connectivity index (χ0v) is 11.2. The Balaban J connectivity index is 2.70. The minimum Gasteiger partial charge on any atom is -0.379 e. The van der Waals surface area contributed by atoms with E-state index in [4.69, 9.17) is 4.74 Å². The van der Waals surface area contributed by atoms with Crippen molar-refractivity contribution in [1.29, 1.82) is 0 Å². The summed E-state index contributed by atoms with van der Waals surface area (Å²) in [5, 5.41) is 3.16. The van der Waals surface area contributed by atoms with Crippen molar-refractivity contribution in [3.05, 3.63) is 34.1 Å². The topological polar surface area (TPSA) is 21.3 Å². The number of halogens is 2. The summed E-state index contributed by atoms with van der Waals surface area (Å²) in [5.41, 5.74) is 1.01. The third-order valence-electron chi connectivity index (χ3n) is 2.32. The molecule has 1 atom stereocenters. The summed E-state index contributed by atoms with van der Waals surface area (Å²) < 4.78 is 19.2. The molecule has 1 rings (SSSR count). The summed E-state index contributed by atoms with van der Waals surface area (Å²) in [4.78, 5) is 0. The van der Waals surface area contributed by atoms with Crippen LogP contribution >= 0.6 is 15.9 Å². The van der Waals surface area contributed by atoms with E-state index < -0.39 is 0 Å². The number of likely N-dealkylation sites (N-methyl/N-ethyl adjacent to an activating group) is 1. The third-order valence-corrected chi connectivity index (χ3v) is 3.01. The van der Waals surface area contributed by atoms with Crippen LogP contribution in [0.1, 0.15) is 24.9 Å². The van der Waals surface area contributed by atoms with Gasteiger partial charge in [-0.2, -0.15) is 0 Å². The van der Waals surface area contributed by atoms with E-state index in [1.54, 1.807) is 6.07 Å². The predicted octanol–water partition coefficient (Wildman–Crippen LogP) is 3.28. The van der Waals surface area contributed by atoms with E-state index in [9.17, 15) is 4.39 Å². The molecule has 0 aliphatic carbocycles. The molecule has 16 heavy (non-hydrogen) atoms. The Labute approximate surface area is 104 Å². The van der Waals surface area contributed by atoms with Crippen LogP contribution in [0.5, 0.6) is 0 Å². The Morgan fingerprint density at radius 1 is 1.50 bits per heavy atom. The van der Waals surface area contributed by atoms with Crippen LogP contribution in [0.4, 0.5) is 4.39 Å². The van der Waals surface area contributed by atoms with Crippen LogP contribution in [0.15, 0.2) is 22.7 Å². The van der Waals surface area contributed by atoms with Gasteiger partial charge in [-0.1, -0.05) is 28.9 Å². The van der Waals surface area contributed by atoms with Crippen LogP contribution in [0.2, 0.25) is 0 Å². The second kappa shape index (κ2) is 6.99. The number of hydrogen-bond donors (Lipinski definition) is 1. The van der Waals surface area contributed by atoms with Gasteiger partial charge in [0.15, 0.2) is 0 Å². The van der Waals surface area contributed by atoms with Gasteiger partial charge in [0.05, 0.1) is 12.6 Å². The average Bonchev–Trinajstić information content (AvgIpc) is 2.26. The largest absolute Gasteiger partial charge is 0.379 e. The van der Waals surface area contributed by atoms with Crippen molar-refractivity contribution in [1.82, 2.24) is 5.32 Å². The maximum absolute atomic E-state index is 12.9. The van der Waals surface area contributed by atoms with Crippen molar-refractivity contribution in [2.75, 3.05) is 20.3 Å². The molecule has 90 valence electrons. The molecule has 0 spiro atoms. The summed E-state index contributed by atoms with van der Waals surface area (Å²) in [6, 6.07) is 4.79. The van der Waals surface area contributed by atoms with Crippen molar-refractivity contribution < 1.29 is 9.13 Å².